The predicted octanol–water partition coefficient (Wildman–Crippen LogP) is 1.89. The van der Waals surface area contributed by atoms with Crippen LogP contribution in [0.2, 0.25) is 0 Å². The SMILES string of the molecule is COc1ccnc(N2CCN(c3ncnc4c(F)cccc34)CC2)n1. The van der Waals surface area contributed by atoms with Gasteiger partial charge in [-0.05, 0) is 12.1 Å². The lowest BCUT2D eigenvalue weighted by Gasteiger charge is -2.35. The van der Waals surface area contributed by atoms with Gasteiger partial charge in [-0.3, -0.25) is 0 Å². The summed E-state index contributed by atoms with van der Waals surface area (Å²) < 4.78 is 19.1. The molecule has 3 aromatic rings. The van der Waals surface area contributed by atoms with Crippen LogP contribution in [0.3, 0.4) is 0 Å². The molecule has 1 aliphatic rings. The van der Waals surface area contributed by atoms with Crippen LogP contribution in [0.1, 0.15) is 0 Å². The first-order chi connectivity index (χ1) is 12.3. The second-order valence-electron chi connectivity index (χ2n) is 5.71. The van der Waals surface area contributed by atoms with Crippen molar-refractivity contribution in [2.45, 2.75) is 0 Å². The first kappa shape index (κ1) is 15.5. The molecule has 4 rings (SSSR count). The number of benzene rings is 1. The maximum Gasteiger partial charge on any atom is 0.228 e. The zero-order valence-corrected chi connectivity index (χ0v) is 13.8. The van der Waals surface area contributed by atoms with Gasteiger partial charge in [0, 0.05) is 43.8 Å². The van der Waals surface area contributed by atoms with Crippen LogP contribution in [-0.2, 0) is 0 Å². The van der Waals surface area contributed by atoms with Crippen LogP contribution in [0, 0.1) is 5.82 Å². The van der Waals surface area contributed by atoms with E-state index in [1.165, 1.54) is 12.4 Å². The summed E-state index contributed by atoms with van der Waals surface area (Å²) >= 11 is 0. The van der Waals surface area contributed by atoms with Gasteiger partial charge in [0.2, 0.25) is 11.8 Å². The summed E-state index contributed by atoms with van der Waals surface area (Å²) in [6.07, 6.45) is 3.10. The Morgan fingerprint density at radius 2 is 1.80 bits per heavy atom. The normalized spacial score (nSPS) is 14.8. The number of fused-ring (bicyclic) bond motifs is 1. The number of aromatic nitrogens is 4. The molecule has 1 saturated heterocycles. The van der Waals surface area contributed by atoms with Gasteiger partial charge in [-0.15, -0.1) is 0 Å². The molecule has 0 spiro atoms. The Balaban J connectivity index is 1.55. The highest BCUT2D eigenvalue weighted by Crippen LogP contribution is 2.26. The van der Waals surface area contributed by atoms with E-state index < -0.39 is 0 Å². The van der Waals surface area contributed by atoms with Crippen molar-refractivity contribution in [3.8, 4) is 5.88 Å². The van der Waals surface area contributed by atoms with E-state index in [4.69, 9.17) is 4.74 Å². The third kappa shape index (κ3) is 2.90. The molecule has 1 aromatic carbocycles. The summed E-state index contributed by atoms with van der Waals surface area (Å²) in [6.45, 7) is 2.97. The Hall–Kier alpha value is -3.03. The van der Waals surface area contributed by atoms with Crippen molar-refractivity contribution in [1.82, 2.24) is 19.9 Å². The summed E-state index contributed by atoms with van der Waals surface area (Å²) in [5.41, 5.74) is 0.353. The number of nitrogens with zero attached hydrogens (tertiary/aromatic N) is 6. The van der Waals surface area contributed by atoms with Gasteiger partial charge in [0.25, 0.3) is 0 Å². The van der Waals surface area contributed by atoms with Crippen LogP contribution in [0.15, 0.2) is 36.8 Å². The predicted molar refractivity (Wildman–Crippen MR) is 92.5 cm³/mol. The van der Waals surface area contributed by atoms with Crippen LogP contribution in [0.25, 0.3) is 10.9 Å². The number of methoxy groups -OCH3 is 1. The Bertz CT molecular complexity index is 897. The molecule has 8 heteroatoms. The van der Waals surface area contributed by atoms with E-state index in [0.29, 0.717) is 17.3 Å². The standard InChI is InChI=1S/C17H17FN6O/c1-25-14-5-6-19-17(22-14)24-9-7-23(8-10-24)16-12-3-2-4-13(18)15(12)20-11-21-16/h2-6,11H,7-10H2,1H3. The smallest absolute Gasteiger partial charge is 0.228 e. The molecule has 0 unspecified atom stereocenters. The van der Waals surface area contributed by atoms with Crippen LogP contribution in [-0.4, -0.2) is 53.2 Å². The molecular weight excluding hydrogens is 323 g/mol. The van der Waals surface area contributed by atoms with E-state index in [1.54, 1.807) is 25.4 Å². The highest BCUT2D eigenvalue weighted by atomic mass is 19.1. The summed E-state index contributed by atoms with van der Waals surface area (Å²) in [7, 11) is 1.59. The number of hydrogen-bond donors (Lipinski definition) is 0. The van der Waals surface area contributed by atoms with E-state index in [-0.39, 0.29) is 5.82 Å². The van der Waals surface area contributed by atoms with Crippen molar-refractivity contribution in [3.05, 3.63) is 42.6 Å². The van der Waals surface area contributed by atoms with Crippen molar-refractivity contribution in [1.29, 1.82) is 0 Å². The van der Waals surface area contributed by atoms with Crippen LogP contribution >= 0.6 is 0 Å². The lowest BCUT2D eigenvalue weighted by Crippen LogP contribution is -2.47. The van der Waals surface area contributed by atoms with E-state index in [2.05, 4.69) is 29.7 Å². The maximum atomic E-state index is 13.9. The zero-order chi connectivity index (χ0) is 17.2. The Labute approximate surface area is 144 Å². The van der Waals surface area contributed by atoms with Gasteiger partial charge < -0.3 is 14.5 Å². The molecule has 0 amide bonds. The number of rotatable bonds is 3. The third-order valence-electron chi connectivity index (χ3n) is 4.28. The molecule has 7 nitrogen and oxygen atoms in total. The molecule has 1 fully saturated rings. The van der Waals surface area contributed by atoms with Gasteiger partial charge >= 0.3 is 0 Å². The minimum absolute atomic E-state index is 0.329. The lowest BCUT2D eigenvalue weighted by atomic mass is 10.2. The molecule has 0 N–H and O–H groups in total. The monoisotopic (exact) mass is 340 g/mol. The van der Waals surface area contributed by atoms with E-state index in [9.17, 15) is 4.39 Å². The number of halogens is 1. The first-order valence-corrected chi connectivity index (χ1v) is 8.02. The molecular formula is C17H17FN6O. The molecule has 0 radical (unpaired) electrons. The minimum Gasteiger partial charge on any atom is -0.481 e. The van der Waals surface area contributed by atoms with E-state index in [0.717, 1.165) is 37.4 Å². The highest BCUT2D eigenvalue weighted by molar-refractivity contribution is 5.89. The number of hydrogen-bond acceptors (Lipinski definition) is 7. The number of ether oxygens (including phenoxy) is 1. The topological polar surface area (TPSA) is 67.3 Å². The number of piperazine rings is 1. The van der Waals surface area contributed by atoms with Gasteiger partial charge in [-0.25, -0.2) is 19.3 Å². The summed E-state index contributed by atoms with van der Waals surface area (Å²) in [4.78, 5) is 21.4. The van der Waals surface area contributed by atoms with E-state index >= 15 is 0 Å². The molecule has 1 aliphatic heterocycles. The number of anilines is 2. The largest absolute Gasteiger partial charge is 0.481 e. The van der Waals surface area contributed by atoms with Crippen molar-refractivity contribution < 1.29 is 9.13 Å². The Morgan fingerprint density at radius 3 is 2.60 bits per heavy atom. The van der Waals surface area contributed by atoms with Gasteiger partial charge in [-0.2, -0.15) is 4.98 Å². The van der Waals surface area contributed by atoms with Crippen molar-refractivity contribution in [2.75, 3.05) is 43.1 Å². The van der Waals surface area contributed by atoms with Crippen LogP contribution < -0.4 is 14.5 Å². The first-order valence-electron chi connectivity index (χ1n) is 8.02. The molecule has 25 heavy (non-hydrogen) atoms. The average Bonchev–Trinajstić information content (AvgIpc) is 2.68. The fourth-order valence-corrected chi connectivity index (χ4v) is 3.01. The summed E-state index contributed by atoms with van der Waals surface area (Å²) in [5.74, 6) is 1.63. The van der Waals surface area contributed by atoms with Gasteiger partial charge in [0.05, 0.1) is 7.11 Å². The lowest BCUT2D eigenvalue weighted by molar-refractivity contribution is 0.396. The fourth-order valence-electron chi connectivity index (χ4n) is 3.01. The number of para-hydroxylation sites is 1. The van der Waals surface area contributed by atoms with Crippen molar-refractivity contribution >= 4 is 22.7 Å². The van der Waals surface area contributed by atoms with Gasteiger partial charge in [0.1, 0.15) is 23.5 Å². The second-order valence-corrected chi connectivity index (χ2v) is 5.71. The van der Waals surface area contributed by atoms with Gasteiger partial charge in [0.15, 0.2) is 0 Å². The second kappa shape index (κ2) is 6.46. The summed E-state index contributed by atoms with van der Waals surface area (Å²) in [5, 5.41) is 0.730. The third-order valence-corrected chi connectivity index (χ3v) is 4.28. The van der Waals surface area contributed by atoms with Crippen LogP contribution in [0.5, 0.6) is 5.88 Å². The molecule has 0 atom stereocenters. The zero-order valence-electron chi connectivity index (χ0n) is 13.8. The molecule has 0 saturated carbocycles. The average molecular weight is 340 g/mol. The molecule has 0 aliphatic carbocycles. The Kier molecular flexibility index (Phi) is 4.01. The van der Waals surface area contributed by atoms with Gasteiger partial charge in [-0.1, -0.05) is 6.07 Å². The maximum absolute atomic E-state index is 13.9. The quantitative estimate of drug-likeness (QED) is 0.721. The molecule has 3 heterocycles. The highest BCUT2D eigenvalue weighted by Gasteiger charge is 2.22. The fraction of sp³-hybridized carbons (Fsp3) is 0.294. The van der Waals surface area contributed by atoms with Crippen molar-refractivity contribution in [2.24, 2.45) is 0 Å². The Morgan fingerprint density at radius 1 is 1.00 bits per heavy atom. The molecule has 128 valence electrons. The molecule has 0 bridgehead atoms. The molecule has 2 aromatic heterocycles. The van der Waals surface area contributed by atoms with Crippen LogP contribution in [0.4, 0.5) is 16.2 Å². The van der Waals surface area contributed by atoms with E-state index in [1.807, 2.05) is 6.07 Å². The van der Waals surface area contributed by atoms with Crippen molar-refractivity contribution in [3.63, 3.8) is 0 Å². The summed E-state index contributed by atoms with van der Waals surface area (Å²) in [6, 6.07) is 6.68. The minimum atomic E-state index is -0.329.